The van der Waals surface area contributed by atoms with Gasteiger partial charge in [0.1, 0.15) is 12.3 Å². The van der Waals surface area contributed by atoms with E-state index in [4.69, 9.17) is 10.5 Å². The van der Waals surface area contributed by atoms with Gasteiger partial charge in [0, 0.05) is 23.6 Å². The van der Waals surface area contributed by atoms with E-state index in [2.05, 4.69) is 15.9 Å². The van der Waals surface area contributed by atoms with Gasteiger partial charge >= 0.3 is 0 Å². The summed E-state index contributed by atoms with van der Waals surface area (Å²) in [7, 11) is 0. The first kappa shape index (κ1) is 15.3. The predicted octanol–water partition coefficient (Wildman–Crippen LogP) is 1.12. The Balaban J connectivity index is 1.74. The summed E-state index contributed by atoms with van der Waals surface area (Å²) in [6, 6.07) is 5.60. The fourth-order valence-electron chi connectivity index (χ4n) is 2.74. The Morgan fingerprint density at radius 2 is 2.09 bits per heavy atom. The maximum Gasteiger partial charge on any atom is 0.265 e. The number of halogens is 1. The first-order valence-corrected chi connectivity index (χ1v) is 8.10. The van der Waals surface area contributed by atoms with Crippen LogP contribution in [0, 0.1) is 0 Å². The van der Waals surface area contributed by atoms with Crippen LogP contribution in [0.15, 0.2) is 22.7 Å². The normalized spacial score (nSPS) is 18.9. The van der Waals surface area contributed by atoms with E-state index in [1.807, 2.05) is 6.07 Å². The van der Waals surface area contributed by atoms with Gasteiger partial charge in [-0.25, -0.2) is 0 Å². The zero-order chi connectivity index (χ0) is 15.7. The lowest BCUT2D eigenvalue weighted by Crippen LogP contribution is -2.49. The summed E-state index contributed by atoms with van der Waals surface area (Å²) in [5, 5.41) is 0. The van der Waals surface area contributed by atoms with E-state index < -0.39 is 0 Å². The molecule has 1 aromatic carbocycles. The van der Waals surface area contributed by atoms with Crippen LogP contribution in [0.4, 0.5) is 5.69 Å². The molecule has 0 unspecified atom stereocenters. The molecule has 0 aromatic heterocycles. The Morgan fingerprint density at radius 3 is 2.82 bits per heavy atom. The van der Waals surface area contributed by atoms with Crippen LogP contribution < -0.4 is 15.4 Å². The standard InChI is InChI=1S/C15H18BrN3O3/c16-10-1-2-12-13(7-10)22-9-15(21)19(12)8-14(20)18-5-3-11(17)4-6-18/h1-2,7,11H,3-6,8-9,17H2. The molecule has 2 N–H and O–H groups in total. The number of carbonyl (C=O) groups is 2. The van der Waals surface area contributed by atoms with Crippen molar-refractivity contribution in [2.75, 3.05) is 31.1 Å². The molecule has 118 valence electrons. The fourth-order valence-corrected chi connectivity index (χ4v) is 3.08. The summed E-state index contributed by atoms with van der Waals surface area (Å²) in [5.74, 6) is 0.371. The second-order valence-corrected chi connectivity index (χ2v) is 6.51. The predicted molar refractivity (Wildman–Crippen MR) is 85.8 cm³/mol. The van der Waals surface area contributed by atoms with E-state index in [0.717, 1.165) is 17.3 Å². The summed E-state index contributed by atoms with van der Waals surface area (Å²) in [4.78, 5) is 27.8. The van der Waals surface area contributed by atoms with Crippen LogP contribution in [-0.4, -0.2) is 49.0 Å². The third-order valence-electron chi connectivity index (χ3n) is 4.05. The molecule has 0 radical (unpaired) electrons. The van der Waals surface area contributed by atoms with E-state index in [9.17, 15) is 9.59 Å². The number of nitrogens with two attached hydrogens (primary N) is 1. The number of anilines is 1. The van der Waals surface area contributed by atoms with E-state index in [1.54, 1.807) is 17.0 Å². The first-order chi connectivity index (χ1) is 10.5. The van der Waals surface area contributed by atoms with Gasteiger partial charge in [-0.05, 0) is 31.0 Å². The number of rotatable bonds is 2. The number of nitrogens with zero attached hydrogens (tertiary/aromatic N) is 2. The summed E-state index contributed by atoms with van der Waals surface area (Å²) < 4.78 is 6.30. The lowest BCUT2D eigenvalue weighted by molar-refractivity contribution is -0.132. The largest absolute Gasteiger partial charge is 0.482 e. The van der Waals surface area contributed by atoms with E-state index in [1.165, 1.54) is 4.90 Å². The molecule has 0 aliphatic carbocycles. The van der Waals surface area contributed by atoms with Crippen molar-refractivity contribution in [1.29, 1.82) is 0 Å². The molecule has 0 atom stereocenters. The zero-order valence-corrected chi connectivity index (χ0v) is 13.7. The Morgan fingerprint density at radius 1 is 1.36 bits per heavy atom. The van der Waals surface area contributed by atoms with E-state index in [0.29, 0.717) is 24.5 Å². The maximum atomic E-state index is 12.4. The smallest absolute Gasteiger partial charge is 0.265 e. The summed E-state index contributed by atoms with van der Waals surface area (Å²) in [6.45, 7) is 1.32. The van der Waals surface area contributed by atoms with Crippen molar-refractivity contribution in [2.24, 2.45) is 5.73 Å². The number of ether oxygens (including phenoxy) is 1. The second kappa shape index (κ2) is 6.26. The van der Waals surface area contributed by atoms with Crippen molar-refractivity contribution >= 4 is 33.4 Å². The van der Waals surface area contributed by atoms with Crippen LogP contribution in [0.1, 0.15) is 12.8 Å². The molecule has 2 heterocycles. The van der Waals surface area contributed by atoms with Crippen molar-refractivity contribution in [2.45, 2.75) is 18.9 Å². The number of amides is 2. The van der Waals surface area contributed by atoms with Gasteiger partial charge in [0.25, 0.3) is 5.91 Å². The van der Waals surface area contributed by atoms with Gasteiger partial charge in [-0.1, -0.05) is 15.9 Å². The summed E-state index contributed by atoms with van der Waals surface area (Å²) in [6.07, 6.45) is 1.62. The minimum absolute atomic E-state index is 0.0401. The monoisotopic (exact) mass is 367 g/mol. The lowest BCUT2D eigenvalue weighted by atomic mass is 10.1. The average molecular weight is 368 g/mol. The minimum atomic E-state index is -0.197. The van der Waals surface area contributed by atoms with Gasteiger partial charge in [0.2, 0.25) is 5.91 Å². The summed E-state index contributed by atoms with van der Waals surface area (Å²) in [5.41, 5.74) is 6.50. The van der Waals surface area contributed by atoms with Crippen LogP contribution in [0.2, 0.25) is 0 Å². The molecule has 22 heavy (non-hydrogen) atoms. The molecule has 3 rings (SSSR count). The van der Waals surface area contributed by atoms with Crippen molar-refractivity contribution in [3.05, 3.63) is 22.7 Å². The number of carbonyl (C=O) groups excluding carboxylic acids is 2. The highest BCUT2D eigenvalue weighted by atomic mass is 79.9. The Hall–Kier alpha value is -1.60. The van der Waals surface area contributed by atoms with E-state index in [-0.39, 0.29) is 31.0 Å². The van der Waals surface area contributed by atoms with Gasteiger partial charge < -0.3 is 15.4 Å². The molecule has 2 aliphatic heterocycles. The van der Waals surface area contributed by atoms with Gasteiger partial charge in [0.15, 0.2) is 6.61 Å². The SMILES string of the molecule is NC1CCN(C(=O)CN2C(=O)COc3cc(Br)ccc32)CC1. The van der Waals surface area contributed by atoms with Gasteiger partial charge in [0.05, 0.1) is 5.69 Å². The van der Waals surface area contributed by atoms with Crippen molar-refractivity contribution in [1.82, 2.24) is 4.90 Å². The van der Waals surface area contributed by atoms with Crippen molar-refractivity contribution in [3.63, 3.8) is 0 Å². The molecular formula is C15H18BrN3O3. The highest BCUT2D eigenvalue weighted by molar-refractivity contribution is 9.10. The molecule has 0 saturated carbocycles. The van der Waals surface area contributed by atoms with Gasteiger partial charge in [-0.3, -0.25) is 14.5 Å². The number of piperidine rings is 1. The zero-order valence-electron chi connectivity index (χ0n) is 12.1. The quantitative estimate of drug-likeness (QED) is 0.849. The van der Waals surface area contributed by atoms with Gasteiger partial charge in [-0.2, -0.15) is 0 Å². The molecule has 2 aliphatic rings. The third-order valence-corrected chi connectivity index (χ3v) is 4.54. The maximum absolute atomic E-state index is 12.4. The average Bonchev–Trinajstić information content (AvgIpc) is 2.50. The molecule has 0 bridgehead atoms. The highest BCUT2D eigenvalue weighted by Gasteiger charge is 2.30. The Kier molecular flexibility index (Phi) is 4.35. The Bertz CT molecular complexity index is 600. The lowest BCUT2D eigenvalue weighted by Gasteiger charge is -2.34. The molecule has 1 aromatic rings. The minimum Gasteiger partial charge on any atom is -0.482 e. The molecule has 1 saturated heterocycles. The first-order valence-electron chi connectivity index (χ1n) is 7.30. The molecule has 6 nitrogen and oxygen atoms in total. The highest BCUT2D eigenvalue weighted by Crippen LogP contribution is 2.34. The summed E-state index contributed by atoms with van der Waals surface area (Å²) >= 11 is 3.37. The molecular weight excluding hydrogens is 350 g/mol. The van der Waals surface area contributed by atoms with Crippen LogP contribution in [-0.2, 0) is 9.59 Å². The number of benzene rings is 1. The van der Waals surface area contributed by atoms with Gasteiger partial charge in [-0.15, -0.1) is 0 Å². The van der Waals surface area contributed by atoms with Crippen LogP contribution in [0.3, 0.4) is 0 Å². The Labute approximate surface area is 137 Å². The molecule has 2 amide bonds. The van der Waals surface area contributed by atoms with Crippen LogP contribution in [0.5, 0.6) is 5.75 Å². The van der Waals surface area contributed by atoms with Crippen LogP contribution >= 0.6 is 15.9 Å². The van der Waals surface area contributed by atoms with Crippen molar-refractivity contribution < 1.29 is 14.3 Å². The second-order valence-electron chi connectivity index (χ2n) is 5.60. The molecule has 1 fully saturated rings. The number of hydrogen-bond donors (Lipinski definition) is 1. The molecule has 7 heteroatoms. The van der Waals surface area contributed by atoms with Crippen molar-refractivity contribution in [3.8, 4) is 5.75 Å². The number of likely N-dealkylation sites (tertiary alicyclic amines) is 1. The van der Waals surface area contributed by atoms with Crippen LogP contribution in [0.25, 0.3) is 0 Å². The van der Waals surface area contributed by atoms with E-state index >= 15 is 0 Å². The third kappa shape index (κ3) is 3.10. The number of fused-ring (bicyclic) bond motifs is 1. The number of hydrogen-bond acceptors (Lipinski definition) is 4. The topological polar surface area (TPSA) is 75.9 Å². The fraction of sp³-hybridized carbons (Fsp3) is 0.467. The molecule has 0 spiro atoms.